The maximum atomic E-state index is 13.5. The van der Waals surface area contributed by atoms with Gasteiger partial charge < -0.3 is 10.0 Å². The van der Waals surface area contributed by atoms with E-state index in [1.165, 1.54) is 6.07 Å². The molecular weight excluding hydrogens is 342 g/mol. The van der Waals surface area contributed by atoms with Crippen LogP contribution >= 0.6 is 22.6 Å². The number of nitro benzene ring substituents is 1. The first kappa shape index (κ1) is 12.5. The Kier molecular flexibility index (Phi) is 3.48. The van der Waals surface area contributed by atoms with E-state index in [1.807, 2.05) is 0 Å². The quantitative estimate of drug-likeness (QED) is 0.502. The van der Waals surface area contributed by atoms with Gasteiger partial charge in [-0.15, -0.1) is 0 Å². The van der Waals surface area contributed by atoms with Gasteiger partial charge in [0, 0.05) is 25.2 Å². The Bertz CT molecular complexity index is 469. The summed E-state index contributed by atoms with van der Waals surface area (Å²) in [6.45, 7) is 0.808. The molecule has 1 unspecified atom stereocenters. The fourth-order valence-electron chi connectivity index (χ4n) is 1.89. The van der Waals surface area contributed by atoms with E-state index in [0.717, 1.165) is 6.07 Å². The lowest BCUT2D eigenvalue weighted by Crippen LogP contribution is -2.22. The second kappa shape index (κ2) is 4.73. The Morgan fingerprint density at radius 2 is 2.29 bits per heavy atom. The van der Waals surface area contributed by atoms with Gasteiger partial charge in [-0.1, -0.05) is 0 Å². The molecule has 1 saturated heterocycles. The SMILES string of the molecule is O=[N+]([O-])c1cc(I)c(F)cc1N1CCC(O)C1. The van der Waals surface area contributed by atoms with Crippen molar-refractivity contribution in [2.45, 2.75) is 12.5 Å². The van der Waals surface area contributed by atoms with Gasteiger partial charge in [-0.25, -0.2) is 4.39 Å². The van der Waals surface area contributed by atoms with E-state index in [4.69, 9.17) is 0 Å². The van der Waals surface area contributed by atoms with Crippen molar-refractivity contribution in [2.24, 2.45) is 0 Å². The lowest BCUT2D eigenvalue weighted by molar-refractivity contribution is -0.384. The monoisotopic (exact) mass is 352 g/mol. The zero-order valence-corrected chi connectivity index (χ0v) is 10.9. The van der Waals surface area contributed by atoms with Gasteiger partial charge in [0.1, 0.15) is 11.5 Å². The van der Waals surface area contributed by atoms with E-state index >= 15 is 0 Å². The molecule has 1 atom stereocenters. The number of halogens is 2. The molecule has 0 aromatic heterocycles. The highest BCUT2D eigenvalue weighted by Gasteiger charge is 2.27. The lowest BCUT2D eigenvalue weighted by atomic mass is 10.2. The number of aliphatic hydroxyl groups is 1. The minimum atomic E-state index is -0.526. The summed E-state index contributed by atoms with van der Waals surface area (Å²) in [6, 6.07) is 2.38. The average molecular weight is 352 g/mol. The molecule has 5 nitrogen and oxygen atoms in total. The third kappa shape index (κ3) is 2.49. The van der Waals surface area contributed by atoms with Crippen molar-refractivity contribution < 1.29 is 14.4 Å². The Balaban J connectivity index is 2.44. The number of β-amino-alcohol motifs (C(OH)–C–C–N with tert-alkyl or cyclic N) is 1. The van der Waals surface area contributed by atoms with Crippen LogP contribution in [0.25, 0.3) is 0 Å². The lowest BCUT2D eigenvalue weighted by Gasteiger charge is -2.17. The number of anilines is 1. The molecule has 0 amide bonds. The molecule has 1 aliphatic rings. The highest BCUT2D eigenvalue weighted by atomic mass is 127. The second-order valence-corrected chi connectivity index (χ2v) is 5.06. The van der Waals surface area contributed by atoms with E-state index < -0.39 is 16.8 Å². The number of nitro groups is 1. The zero-order valence-electron chi connectivity index (χ0n) is 8.77. The van der Waals surface area contributed by atoms with Crippen LogP contribution in [-0.4, -0.2) is 29.2 Å². The molecule has 0 radical (unpaired) electrons. The fraction of sp³-hybridized carbons (Fsp3) is 0.400. The van der Waals surface area contributed by atoms with Crippen molar-refractivity contribution in [2.75, 3.05) is 18.0 Å². The normalized spacial score (nSPS) is 19.7. The summed E-state index contributed by atoms with van der Waals surface area (Å²) in [5, 5.41) is 20.3. The average Bonchev–Trinajstić information content (AvgIpc) is 2.68. The van der Waals surface area contributed by atoms with Gasteiger partial charge in [0.05, 0.1) is 14.6 Å². The van der Waals surface area contributed by atoms with E-state index in [0.29, 0.717) is 19.5 Å². The van der Waals surface area contributed by atoms with Gasteiger partial charge >= 0.3 is 0 Å². The van der Waals surface area contributed by atoms with E-state index in [2.05, 4.69) is 0 Å². The number of hydrogen-bond acceptors (Lipinski definition) is 4. The molecule has 92 valence electrons. The topological polar surface area (TPSA) is 66.6 Å². The molecule has 1 N–H and O–H groups in total. The first-order valence-electron chi connectivity index (χ1n) is 5.05. The van der Waals surface area contributed by atoms with Crippen LogP contribution < -0.4 is 4.90 Å². The van der Waals surface area contributed by atoms with Crippen LogP contribution in [0.15, 0.2) is 12.1 Å². The van der Waals surface area contributed by atoms with Crippen molar-refractivity contribution >= 4 is 34.0 Å². The minimum absolute atomic E-state index is 0.120. The van der Waals surface area contributed by atoms with Crippen molar-refractivity contribution in [3.05, 3.63) is 31.6 Å². The maximum absolute atomic E-state index is 13.5. The smallest absolute Gasteiger partial charge is 0.293 e. The number of benzene rings is 1. The predicted octanol–water partition coefficient (Wildman–Crippen LogP) is 1.91. The minimum Gasteiger partial charge on any atom is -0.391 e. The molecule has 0 bridgehead atoms. The number of nitrogens with zero attached hydrogens (tertiary/aromatic N) is 2. The summed E-state index contributed by atoms with van der Waals surface area (Å²) >= 11 is 1.72. The molecule has 1 fully saturated rings. The van der Waals surface area contributed by atoms with Crippen molar-refractivity contribution in [1.29, 1.82) is 0 Å². The summed E-state index contributed by atoms with van der Waals surface area (Å²) in [6.07, 6.45) is 0.0436. The third-order valence-corrected chi connectivity index (χ3v) is 3.54. The highest BCUT2D eigenvalue weighted by molar-refractivity contribution is 14.1. The van der Waals surface area contributed by atoms with Crippen LogP contribution in [0.2, 0.25) is 0 Å². The molecule has 7 heteroatoms. The second-order valence-electron chi connectivity index (χ2n) is 3.90. The maximum Gasteiger partial charge on any atom is 0.293 e. The molecular formula is C10H10FIN2O3. The predicted molar refractivity (Wildman–Crippen MR) is 68.6 cm³/mol. The van der Waals surface area contributed by atoms with Gasteiger partial charge in [0.2, 0.25) is 0 Å². The molecule has 1 heterocycles. The molecule has 1 aromatic carbocycles. The Hall–Kier alpha value is -0.960. The summed E-state index contributed by atoms with van der Waals surface area (Å²) < 4.78 is 13.7. The van der Waals surface area contributed by atoms with E-state index in [-0.39, 0.29) is 14.9 Å². The highest BCUT2D eigenvalue weighted by Crippen LogP contribution is 2.33. The van der Waals surface area contributed by atoms with Crippen molar-refractivity contribution in [1.82, 2.24) is 0 Å². The fourth-order valence-corrected chi connectivity index (χ4v) is 2.34. The molecule has 1 aromatic rings. The van der Waals surface area contributed by atoms with Crippen LogP contribution in [0.1, 0.15) is 6.42 Å². The Morgan fingerprint density at radius 3 is 2.82 bits per heavy atom. The van der Waals surface area contributed by atoms with Crippen molar-refractivity contribution in [3.63, 3.8) is 0 Å². The van der Waals surface area contributed by atoms with Crippen LogP contribution in [0, 0.1) is 19.5 Å². The van der Waals surface area contributed by atoms with Crippen LogP contribution in [0.3, 0.4) is 0 Å². The van der Waals surface area contributed by atoms with E-state index in [1.54, 1.807) is 27.5 Å². The first-order valence-corrected chi connectivity index (χ1v) is 6.13. The third-order valence-electron chi connectivity index (χ3n) is 2.72. The molecule has 2 rings (SSSR count). The standard InChI is InChI=1S/C10H10FIN2O3/c11-7-3-9(13-2-1-6(15)5-13)10(14(16)17)4-8(7)12/h3-4,6,15H,1-2,5H2. The zero-order chi connectivity index (χ0) is 12.6. The van der Waals surface area contributed by atoms with Crippen LogP contribution in [0.5, 0.6) is 0 Å². The Morgan fingerprint density at radius 1 is 1.59 bits per heavy atom. The summed E-state index contributed by atoms with van der Waals surface area (Å²) in [5.74, 6) is -0.479. The summed E-state index contributed by atoms with van der Waals surface area (Å²) in [7, 11) is 0. The van der Waals surface area contributed by atoms with Gasteiger partial charge in [0.15, 0.2) is 0 Å². The molecule has 0 spiro atoms. The summed E-state index contributed by atoms with van der Waals surface area (Å²) in [4.78, 5) is 12.0. The Labute approximate surface area is 111 Å². The van der Waals surface area contributed by atoms with Gasteiger partial charge in [-0.3, -0.25) is 10.1 Å². The first-order chi connectivity index (χ1) is 7.99. The molecule has 17 heavy (non-hydrogen) atoms. The summed E-state index contributed by atoms with van der Waals surface area (Å²) in [5.41, 5.74) is 0.120. The van der Waals surface area contributed by atoms with Crippen LogP contribution in [0.4, 0.5) is 15.8 Å². The molecule has 1 aliphatic heterocycles. The van der Waals surface area contributed by atoms with Gasteiger partial charge in [-0.05, 0) is 29.0 Å². The number of aliphatic hydroxyl groups excluding tert-OH is 1. The largest absolute Gasteiger partial charge is 0.391 e. The van der Waals surface area contributed by atoms with Crippen LogP contribution in [-0.2, 0) is 0 Å². The van der Waals surface area contributed by atoms with E-state index in [9.17, 15) is 19.6 Å². The molecule has 0 aliphatic carbocycles. The molecule has 0 saturated carbocycles. The van der Waals surface area contributed by atoms with Gasteiger partial charge in [0.25, 0.3) is 5.69 Å². The van der Waals surface area contributed by atoms with Crippen molar-refractivity contribution in [3.8, 4) is 0 Å². The van der Waals surface area contributed by atoms with Gasteiger partial charge in [-0.2, -0.15) is 0 Å². The number of rotatable bonds is 2. The number of hydrogen-bond donors (Lipinski definition) is 1.